The highest BCUT2D eigenvalue weighted by atomic mass is 127. The summed E-state index contributed by atoms with van der Waals surface area (Å²) in [5.41, 5.74) is 2.45. The number of hydrogen-bond acceptors (Lipinski definition) is 3. The van der Waals surface area contributed by atoms with Gasteiger partial charge in [0.25, 0.3) is 5.91 Å². The smallest absolute Gasteiger partial charge is 0.333 e. The molecule has 3 aromatic carbocycles. The van der Waals surface area contributed by atoms with Crippen LogP contribution >= 0.6 is 56.8 Å². The van der Waals surface area contributed by atoms with Crippen molar-refractivity contribution >= 4 is 80.5 Å². The number of halogens is 3. The van der Waals surface area contributed by atoms with E-state index in [0.29, 0.717) is 17.3 Å². The Morgan fingerprint density at radius 3 is 2.29 bits per heavy atom. The molecule has 0 atom stereocenters. The van der Waals surface area contributed by atoms with Crippen molar-refractivity contribution in [3.63, 3.8) is 0 Å². The molecular weight excluding hydrogens is 642 g/mol. The van der Waals surface area contributed by atoms with Crippen molar-refractivity contribution < 1.29 is 14.3 Å². The molecule has 31 heavy (non-hydrogen) atoms. The van der Waals surface area contributed by atoms with Gasteiger partial charge >= 0.3 is 6.03 Å². The maximum Gasteiger partial charge on any atom is 0.333 e. The third kappa shape index (κ3) is 4.88. The van der Waals surface area contributed by atoms with Crippen LogP contribution in [0.4, 0.5) is 10.5 Å². The Hall–Kier alpha value is -2.11. The highest BCUT2D eigenvalue weighted by Crippen LogP contribution is 2.31. The highest BCUT2D eigenvalue weighted by molar-refractivity contribution is 14.1. The summed E-state index contributed by atoms with van der Waals surface area (Å²) in [4.78, 5) is 26.3. The second-order valence-corrected chi connectivity index (χ2v) is 9.39. The predicted molar refractivity (Wildman–Crippen MR) is 138 cm³/mol. The van der Waals surface area contributed by atoms with Gasteiger partial charge < -0.3 is 10.1 Å². The Morgan fingerprint density at radius 2 is 1.61 bits per heavy atom. The summed E-state index contributed by atoms with van der Waals surface area (Å²) in [7, 11) is 0. The Bertz CT molecular complexity index is 1180. The zero-order valence-electron chi connectivity index (χ0n) is 15.9. The van der Waals surface area contributed by atoms with Gasteiger partial charge in [-0.25, -0.2) is 9.69 Å². The maximum absolute atomic E-state index is 12.8. The number of hydrogen-bond donors (Lipinski definition) is 1. The third-order valence-corrected chi connectivity index (χ3v) is 6.53. The monoisotopic (exact) mass is 656 g/mol. The lowest BCUT2D eigenvalue weighted by atomic mass is 10.1. The first-order chi connectivity index (χ1) is 14.9. The molecule has 0 radical (unpaired) electrons. The minimum Gasteiger partial charge on any atom is -0.487 e. The Balaban J connectivity index is 1.56. The van der Waals surface area contributed by atoms with Gasteiger partial charge in [-0.1, -0.05) is 48.0 Å². The van der Waals surface area contributed by atoms with E-state index in [2.05, 4.69) is 50.5 Å². The van der Waals surface area contributed by atoms with Crippen molar-refractivity contribution in [1.82, 2.24) is 5.32 Å². The first-order valence-electron chi connectivity index (χ1n) is 9.21. The summed E-state index contributed by atoms with van der Waals surface area (Å²) in [5, 5.41) is 3.31. The summed E-state index contributed by atoms with van der Waals surface area (Å²) >= 11 is 10.6. The van der Waals surface area contributed by atoms with Gasteiger partial charge in [0.05, 0.1) is 12.8 Å². The van der Waals surface area contributed by atoms with Gasteiger partial charge in [-0.3, -0.25) is 4.79 Å². The van der Waals surface area contributed by atoms with Crippen LogP contribution in [0, 0.1) is 7.14 Å². The summed E-state index contributed by atoms with van der Waals surface area (Å²) in [6.07, 6.45) is 1.67. The van der Waals surface area contributed by atoms with Crippen LogP contribution in [0.2, 0.25) is 5.02 Å². The van der Waals surface area contributed by atoms with Crippen LogP contribution in [0.1, 0.15) is 11.1 Å². The van der Waals surface area contributed by atoms with Crippen molar-refractivity contribution in [3.05, 3.63) is 95.7 Å². The van der Waals surface area contributed by atoms with Crippen molar-refractivity contribution in [2.45, 2.75) is 6.61 Å². The largest absolute Gasteiger partial charge is 0.487 e. The zero-order chi connectivity index (χ0) is 22.0. The van der Waals surface area contributed by atoms with Gasteiger partial charge in [0.1, 0.15) is 18.1 Å². The van der Waals surface area contributed by atoms with E-state index >= 15 is 0 Å². The normalized spacial score (nSPS) is 14.8. The summed E-state index contributed by atoms with van der Waals surface area (Å²) in [6.45, 7) is 0.354. The second-order valence-electron chi connectivity index (χ2n) is 6.66. The molecule has 1 heterocycles. The molecule has 8 heteroatoms. The SMILES string of the molecule is O=C1N/C(=C/c2cc(I)c(OCc3ccccc3Cl)c(I)c2)C(=O)N1c1ccccc1. The molecule has 3 aromatic rings. The fourth-order valence-electron chi connectivity index (χ4n) is 3.08. The fraction of sp³-hybridized carbons (Fsp3) is 0.0435. The standard InChI is InChI=1S/C23H15ClI2N2O3/c24-17-9-5-4-6-15(17)13-31-21-18(25)10-14(11-19(21)26)12-20-22(29)28(23(30)27-20)16-7-2-1-3-8-16/h1-12H,13H2,(H,27,30)/b20-12+. The van der Waals surface area contributed by atoms with Crippen LogP contribution in [0.25, 0.3) is 6.08 Å². The third-order valence-electron chi connectivity index (χ3n) is 4.55. The summed E-state index contributed by atoms with van der Waals surface area (Å²) < 4.78 is 7.79. The van der Waals surface area contributed by atoms with Crippen LogP contribution in [0.3, 0.4) is 0 Å². The minimum atomic E-state index is -0.466. The molecule has 3 amide bonds. The number of para-hydroxylation sites is 1. The molecule has 0 aliphatic carbocycles. The molecule has 5 nitrogen and oxygen atoms in total. The van der Waals surface area contributed by atoms with Gasteiger partial charge in [-0.15, -0.1) is 0 Å². The van der Waals surface area contributed by atoms with Crippen molar-refractivity contribution in [1.29, 1.82) is 0 Å². The first-order valence-corrected chi connectivity index (χ1v) is 11.7. The second kappa shape index (κ2) is 9.58. The Labute approximate surface area is 211 Å². The van der Waals surface area contributed by atoms with E-state index in [0.717, 1.165) is 28.9 Å². The number of benzene rings is 3. The molecule has 0 bridgehead atoms. The van der Waals surface area contributed by atoms with Crippen LogP contribution in [0.15, 0.2) is 72.4 Å². The van der Waals surface area contributed by atoms with E-state index in [1.807, 2.05) is 42.5 Å². The molecule has 0 spiro atoms. The average Bonchev–Trinajstić information content (AvgIpc) is 3.02. The number of imide groups is 1. The molecule has 1 saturated heterocycles. The van der Waals surface area contributed by atoms with E-state index < -0.39 is 6.03 Å². The number of anilines is 1. The van der Waals surface area contributed by atoms with Crippen LogP contribution in [-0.4, -0.2) is 11.9 Å². The Kier molecular flexibility index (Phi) is 6.83. The highest BCUT2D eigenvalue weighted by Gasteiger charge is 2.34. The van der Waals surface area contributed by atoms with Gasteiger partial charge in [0.2, 0.25) is 0 Å². The molecule has 1 aliphatic rings. The minimum absolute atomic E-state index is 0.227. The van der Waals surface area contributed by atoms with Crippen molar-refractivity contribution in [2.75, 3.05) is 4.90 Å². The lowest BCUT2D eigenvalue weighted by Gasteiger charge is -2.12. The molecule has 4 rings (SSSR count). The van der Waals surface area contributed by atoms with Crippen LogP contribution in [0.5, 0.6) is 5.75 Å². The topological polar surface area (TPSA) is 58.6 Å². The number of ether oxygens (including phenoxy) is 1. The number of carbonyl (C=O) groups is 2. The number of amides is 3. The zero-order valence-corrected chi connectivity index (χ0v) is 21.0. The van der Waals surface area contributed by atoms with Crippen LogP contribution < -0.4 is 15.0 Å². The number of rotatable bonds is 5. The average molecular weight is 657 g/mol. The lowest BCUT2D eigenvalue weighted by molar-refractivity contribution is -0.113. The molecule has 0 unspecified atom stereocenters. The number of carbonyl (C=O) groups excluding carboxylic acids is 2. The molecule has 156 valence electrons. The molecule has 0 saturated carbocycles. The molecule has 1 aliphatic heterocycles. The van der Waals surface area contributed by atoms with Crippen LogP contribution in [-0.2, 0) is 11.4 Å². The first kappa shape index (κ1) is 22.1. The van der Waals surface area contributed by atoms with E-state index in [4.69, 9.17) is 16.3 Å². The van der Waals surface area contributed by atoms with Gasteiger partial charge in [0, 0.05) is 10.6 Å². The number of nitrogens with zero attached hydrogens (tertiary/aromatic N) is 1. The van der Waals surface area contributed by atoms with E-state index in [1.165, 1.54) is 0 Å². The molecule has 0 aromatic heterocycles. The quantitative estimate of drug-likeness (QED) is 0.202. The maximum atomic E-state index is 12.8. The van der Waals surface area contributed by atoms with Gasteiger partial charge in [0.15, 0.2) is 0 Å². The fourth-order valence-corrected chi connectivity index (χ4v) is 5.40. The molecular formula is C23H15ClI2N2O3. The predicted octanol–water partition coefficient (Wildman–Crippen LogP) is 6.23. The van der Waals surface area contributed by atoms with Crippen molar-refractivity contribution in [3.8, 4) is 5.75 Å². The number of nitrogens with one attached hydrogen (secondary N) is 1. The molecule has 1 fully saturated rings. The number of urea groups is 1. The van der Waals surface area contributed by atoms with E-state index in [1.54, 1.807) is 30.3 Å². The van der Waals surface area contributed by atoms with E-state index in [-0.39, 0.29) is 11.6 Å². The van der Waals surface area contributed by atoms with E-state index in [9.17, 15) is 9.59 Å². The molecule has 1 N–H and O–H groups in total. The van der Waals surface area contributed by atoms with Crippen molar-refractivity contribution in [2.24, 2.45) is 0 Å². The summed E-state index contributed by atoms with van der Waals surface area (Å²) in [5.74, 6) is 0.358. The lowest BCUT2D eigenvalue weighted by Crippen LogP contribution is -2.30. The van der Waals surface area contributed by atoms with Gasteiger partial charge in [-0.2, -0.15) is 0 Å². The van der Waals surface area contributed by atoms with Gasteiger partial charge in [-0.05, 0) is 87.2 Å². The Morgan fingerprint density at radius 1 is 0.968 bits per heavy atom. The summed E-state index contributed by atoms with van der Waals surface area (Å²) in [6, 6.07) is 19.7.